The van der Waals surface area contributed by atoms with Gasteiger partial charge in [-0.15, -0.1) is 18.3 Å². The summed E-state index contributed by atoms with van der Waals surface area (Å²) < 4.78 is 13.4. The Morgan fingerprint density at radius 1 is 1.21 bits per heavy atom. The van der Waals surface area contributed by atoms with Crippen molar-refractivity contribution in [1.82, 2.24) is 15.6 Å². The fourth-order valence-electron chi connectivity index (χ4n) is 3.10. The second-order valence-corrected chi connectivity index (χ2v) is 7.64. The molecular weight excluding hydrogens is 369 g/mol. The zero-order valence-electron chi connectivity index (χ0n) is 16.1. The van der Waals surface area contributed by atoms with E-state index in [0.717, 1.165) is 51.5 Å². The Bertz CT molecular complexity index is 946. The highest BCUT2D eigenvalue weighted by atomic mass is 32.2. The lowest BCUT2D eigenvalue weighted by atomic mass is 10.1. The van der Waals surface area contributed by atoms with Crippen molar-refractivity contribution in [2.24, 2.45) is 0 Å². The van der Waals surface area contributed by atoms with E-state index >= 15 is 0 Å². The van der Waals surface area contributed by atoms with Gasteiger partial charge in [0.25, 0.3) is 0 Å². The molecule has 3 nitrogen and oxygen atoms in total. The van der Waals surface area contributed by atoms with Gasteiger partial charge in [0.05, 0.1) is 5.69 Å². The number of H-pyrrole nitrogens is 1. The summed E-state index contributed by atoms with van der Waals surface area (Å²) in [5.74, 6) is 0.503. The van der Waals surface area contributed by atoms with Crippen LogP contribution in [0.3, 0.4) is 0 Å². The average molecular weight is 396 g/mol. The van der Waals surface area contributed by atoms with Crippen LogP contribution < -0.4 is 10.6 Å². The van der Waals surface area contributed by atoms with Gasteiger partial charge in [0, 0.05) is 33.3 Å². The monoisotopic (exact) mass is 395 g/mol. The number of hydrogen-bond donors (Lipinski definition) is 3. The molecule has 1 aromatic heterocycles. The van der Waals surface area contributed by atoms with E-state index in [1.807, 2.05) is 37.4 Å². The van der Waals surface area contributed by atoms with Gasteiger partial charge in [0.2, 0.25) is 0 Å². The second kappa shape index (κ2) is 9.62. The number of halogens is 1. The highest BCUT2D eigenvalue weighted by Gasteiger charge is 2.14. The summed E-state index contributed by atoms with van der Waals surface area (Å²) >= 11 is 1.73. The summed E-state index contributed by atoms with van der Waals surface area (Å²) in [4.78, 5) is 4.63. The summed E-state index contributed by atoms with van der Waals surface area (Å²) in [5.41, 5.74) is 4.01. The van der Waals surface area contributed by atoms with Gasteiger partial charge in [-0.1, -0.05) is 30.9 Å². The first-order valence-electron chi connectivity index (χ1n) is 9.33. The van der Waals surface area contributed by atoms with E-state index < -0.39 is 0 Å². The van der Waals surface area contributed by atoms with Gasteiger partial charge in [-0.05, 0) is 55.9 Å². The molecule has 2 aromatic carbocycles. The number of rotatable bonds is 10. The summed E-state index contributed by atoms with van der Waals surface area (Å²) in [6.07, 6.45) is 2.88. The summed E-state index contributed by atoms with van der Waals surface area (Å²) in [6, 6.07) is 15.0. The highest BCUT2D eigenvalue weighted by molar-refractivity contribution is 7.99. The van der Waals surface area contributed by atoms with Crippen LogP contribution >= 0.6 is 11.8 Å². The zero-order valence-corrected chi connectivity index (χ0v) is 16.9. The van der Waals surface area contributed by atoms with Crippen molar-refractivity contribution in [2.45, 2.75) is 17.4 Å². The third-order valence-corrected chi connectivity index (χ3v) is 5.77. The smallest absolute Gasteiger partial charge is 0.123 e. The number of thioether (sulfide) groups is 1. The minimum absolute atomic E-state index is 0.195. The lowest BCUT2D eigenvalue weighted by molar-refractivity contribution is 0.594. The normalized spacial score (nSPS) is 12.1. The predicted molar refractivity (Wildman–Crippen MR) is 119 cm³/mol. The Labute approximate surface area is 170 Å². The van der Waals surface area contributed by atoms with E-state index in [4.69, 9.17) is 0 Å². The van der Waals surface area contributed by atoms with Crippen molar-refractivity contribution in [3.63, 3.8) is 0 Å². The van der Waals surface area contributed by atoms with Gasteiger partial charge in [-0.3, -0.25) is 0 Å². The van der Waals surface area contributed by atoms with Crippen LogP contribution in [0.25, 0.3) is 22.2 Å². The molecule has 0 aliphatic rings. The number of benzene rings is 2. The first-order chi connectivity index (χ1) is 13.6. The molecular formula is C23H26FN3S. The topological polar surface area (TPSA) is 39.8 Å². The van der Waals surface area contributed by atoms with Crippen LogP contribution in [0.1, 0.15) is 6.42 Å². The molecule has 1 unspecified atom stereocenters. The first-order valence-corrected chi connectivity index (χ1v) is 10.3. The van der Waals surface area contributed by atoms with E-state index in [-0.39, 0.29) is 11.9 Å². The number of aromatic nitrogens is 1. The molecule has 0 amide bonds. The minimum Gasteiger partial charge on any atom is -0.382 e. The number of hydrogen-bond acceptors (Lipinski definition) is 3. The Morgan fingerprint density at radius 2 is 1.96 bits per heavy atom. The molecule has 0 spiro atoms. The molecule has 0 radical (unpaired) electrons. The third kappa shape index (κ3) is 4.86. The second-order valence-electron chi connectivity index (χ2n) is 6.65. The molecule has 1 heterocycles. The van der Waals surface area contributed by atoms with Gasteiger partial charge >= 0.3 is 0 Å². The molecule has 5 heteroatoms. The number of fused-ring (bicyclic) bond motifs is 1. The van der Waals surface area contributed by atoms with Crippen LogP contribution in [-0.2, 0) is 0 Å². The lowest BCUT2D eigenvalue weighted by Gasteiger charge is -2.18. The Morgan fingerprint density at radius 3 is 2.68 bits per heavy atom. The van der Waals surface area contributed by atoms with Gasteiger partial charge in [-0.25, -0.2) is 4.39 Å². The van der Waals surface area contributed by atoms with Gasteiger partial charge < -0.3 is 15.6 Å². The molecule has 0 saturated heterocycles. The van der Waals surface area contributed by atoms with E-state index in [1.165, 1.54) is 12.1 Å². The molecule has 0 fully saturated rings. The van der Waals surface area contributed by atoms with Crippen LogP contribution in [0.2, 0.25) is 0 Å². The average Bonchev–Trinajstić information content (AvgIpc) is 3.08. The molecule has 3 rings (SSSR count). The maximum atomic E-state index is 13.4. The molecule has 0 saturated carbocycles. The van der Waals surface area contributed by atoms with E-state index in [2.05, 4.69) is 40.9 Å². The summed E-state index contributed by atoms with van der Waals surface area (Å²) in [5, 5.41) is 7.76. The van der Waals surface area contributed by atoms with Crippen molar-refractivity contribution in [3.05, 3.63) is 79.3 Å². The van der Waals surface area contributed by atoms with Crippen molar-refractivity contribution < 1.29 is 4.39 Å². The van der Waals surface area contributed by atoms with Crippen molar-refractivity contribution in [3.8, 4) is 11.3 Å². The van der Waals surface area contributed by atoms with Crippen LogP contribution in [-0.4, -0.2) is 30.4 Å². The van der Waals surface area contributed by atoms with Crippen LogP contribution in [0.5, 0.6) is 0 Å². The van der Waals surface area contributed by atoms with Crippen molar-refractivity contribution in [1.29, 1.82) is 0 Å². The van der Waals surface area contributed by atoms with Gasteiger partial charge in [-0.2, -0.15) is 0 Å². The molecule has 0 aliphatic heterocycles. The number of aromatic amines is 1. The van der Waals surface area contributed by atoms with Crippen LogP contribution in [0, 0.1) is 5.82 Å². The molecule has 3 N–H and O–H groups in total. The van der Waals surface area contributed by atoms with Crippen molar-refractivity contribution in [2.75, 3.05) is 19.3 Å². The van der Waals surface area contributed by atoms with E-state index in [1.54, 1.807) is 11.8 Å². The SMILES string of the molecule is C=CC(CCNC)NC(=C)CSc1c(-c2ccc(F)cc2)[nH]c2ccccc12. The molecule has 146 valence electrons. The molecule has 0 bridgehead atoms. The van der Waals surface area contributed by atoms with E-state index in [0.29, 0.717) is 0 Å². The van der Waals surface area contributed by atoms with Crippen LogP contribution in [0.15, 0.2) is 78.4 Å². The molecule has 0 aliphatic carbocycles. The first kappa shape index (κ1) is 20.2. The van der Waals surface area contributed by atoms with Gasteiger partial charge in [0.15, 0.2) is 0 Å². The minimum atomic E-state index is -0.233. The van der Waals surface area contributed by atoms with Crippen molar-refractivity contribution >= 4 is 22.7 Å². The highest BCUT2D eigenvalue weighted by Crippen LogP contribution is 2.38. The maximum absolute atomic E-state index is 13.4. The number of para-hydroxylation sites is 1. The molecule has 1 atom stereocenters. The van der Waals surface area contributed by atoms with E-state index in [9.17, 15) is 4.39 Å². The summed E-state index contributed by atoms with van der Waals surface area (Å²) in [7, 11) is 1.94. The maximum Gasteiger partial charge on any atom is 0.123 e. The zero-order chi connectivity index (χ0) is 19.9. The lowest BCUT2D eigenvalue weighted by Crippen LogP contribution is -2.29. The van der Waals surface area contributed by atoms with Gasteiger partial charge in [0.1, 0.15) is 5.82 Å². The fourth-order valence-corrected chi connectivity index (χ4v) is 4.15. The quantitative estimate of drug-likeness (QED) is 0.321. The Kier molecular flexibility index (Phi) is 6.95. The molecule has 3 aromatic rings. The third-order valence-electron chi connectivity index (χ3n) is 4.56. The standard InChI is InChI=1S/C23H26FN3S/c1-4-19(13-14-25-3)26-16(2)15-28-23-20-7-5-6-8-21(20)27-22(23)17-9-11-18(24)12-10-17/h4-12,19,25-27H,1-2,13-15H2,3H3. The largest absolute Gasteiger partial charge is 0.382 e. The Balaban J connectivity index is 1.80. The molecule has 28 heavy (non-hydrogen) atoms. The predicted octanol–water partition coefficient (Wildman–Crippen LogP) is 5.33. The number of nitrogens with one attached hydrogen (secondary N) is 3. The Hall–Kier alpha value is -2.50. The van der Waals surface area contributed by atoms with Crippen LogP contribution in [0.4, 0.5) is 4.39 Å². The summed E-state index contributed by atoms with van der Waals surface area (Å²) in [6.45, 7) is 9.01. The fraction of sp³-hybridized carbons (Fsp3) is 0.217.